The van der Waals surface area contributed by atoms with Gasteiger partial charge in [-0.2, -0.15) is 0 Å². The van der Waals surface area contributed by atoms with Crippen molar-refractivity contribution >= 4 is 40.8 Å². The largest absolute Gasteiger partial charge is 0.489 e. The van der Waals surface area contributed by atoms with Crippen LogP contribution < -0.4 is 10.1 Å². The number of aromatic nitrogens is 1. The molecule has 1 aromatic heterocycles. The van der Waals surface area contributed by atoms with Crippen LogP contribution in [-0.4, -0.2) is 46.2 Å². The highest BCUT2D eigenvalue weighted by atomic mass is 35.5. The van der Waals surface area contributed by atoms with Gasteiger partial charge in [0.15, 0.2) is 11.5 Å². The number of carbonyl (C=O) groups excluding carboxylic acids is 1. The number of aliphatic carboxylic acids is 1. The topological polar surface area (TPSA) is 105 Å². The number of nitrogens with zero attached hydrogens (tertiary/aromatic N) is 2. The Labute approximate surface area is 219 Å². The van der Waals surface area contributed by atoms with Crippen molar-refractivity contribution in [2.45, 2.75) is 39.8 Å². The van der Waals surface area contributed by atoms with Crippen LogP contribution in [0.1, 0.15) is 43.2 Å². The molecule has 0 bridgehead atoms. The Kier molecular flexibility index (Phi) is 7.59. The zero-order chi connectivity index (χ0) is 26.0. The first-order valence-electron chi connectivity index (χ1n) is 11.5. The van der Waals surface area contributed by atoms with E-state index in [1.54, 1.807) is 31.2 Å². The number of carboxylic acids is 1. The number of carbonyl (C=O) groups is 2. The molecule has 2 aromatic carbocycles. The third-order valence-corrected chi connectivity index (χ3v) is 6.68. The minimum atomic E-state index is -0.774. The second kappa shape index (κ2) is 10.5. The Hall–Kier alpha value is -3.07. The van der Waals surface area contributed by atoms with Crippen LogP contribution in [0.2, 0.25) is 10.0 Å². The molecule has 1 fully saturated rings. The Morgan fingerprint density at radius 2 is 1.97 bits per heavy atom. The van der Waals surface area contributed by atoms with Gasteiger partial charge in [-0.25, -0.2) is 0 Å². The fraction of sp³-hybridized carbons (Fsp3) is 0.346. The molecule has 1 aliphatic rings. The van der Waals surface area contributed by atoms with E-state index in [9.17, 15) is 14.7 Å². The van der Waals surface area contributed by atoms with Crippen molar-refractivity contribution in [1.82, 2.24) is 10.1 Å². The van der Waals surface area contributed by atoms with Crippen LogP contribution in [0, 0.1) is 5.41 Å². The maximum atomic E-state index is 12.7. The fourth-order valence-electron chi connectivity index (χ4n) is 4.11. The number of halogens is 2. The van der Waals surface area contributed by atoms with Crippen LogP contribution in [0.5, 0.6) is 5.75 Å². The number of hydrogen-bond donors (Lipinski definition) is 2. The number of amides is 1. The van der Waals surface area contributed by atoms with Gasteiger partial charge in [0, 0.05) is 30.4 Å². The monoisotopic (exact) mass is 531 g/mol. The van der Waals surface area contributed by atoms with Gasteiger partial charge in [0.2, 0.25) is 0 Å². The molecule has 4 rings (SSSR count). The fourth-order valence-corrected chi connectivity index (χ4v) is 4.63. The summed E-state index contributed by atoms with van der Waals surface area (Å²) in [7, 11) is 0. The Bertz CT molecular complexity index is 1290. The van der Waals surface area contributed by atoms with Gasteiger partial charge >= 0.3 is 5.97 Å². The van der Waals surface area contributed by atoms with E-state index >= 15 is 0 Å². The van der Waals surface area contributed by atoms with Crippen molar-refractivity contribution in [1.29, 1.82) is 0 Å². The van der Waals surface area contributed by atoms with E-state index in [4.69, 9.17) is 32.5 Å². The minimum absolute atomic E-state index is 0.0228. The molecule has 3 aromatic rings. The van der Waals surface area contributed by atoms with Crippen LogP contribution in [-0.2, 0) is 11.3 Å². The lowest BCUT2D eigenvalue weighted by Crippen LogP contribution is -2.31. The van der Waals surface area contributed by atoms with Gasteiger partial charge in [0.1, 0.15) is 5.75 Å². The molecule has 36 heavy (non-hydrogen) atoms. The first-order chi connectivity index (χ1) is 17.0. The van der Waals surface area contributed by atoms with Crippen molar-refractivity contribution in [2.75, 3.05) is 18.4 Å². The van der Waals surface area contributed by atoms with E-state index in [-0.39, 0.29) is 11.8 Å². The van der Waals surface area contributed by atoms with Crippen LogP contribution >= 0.6 is 23.2 Å². The smallest absolute Gasteiger partial charge is 0.310 e. The van der Waals surface area contributed by atoms with E-state index in [1.165, 1.54) is 6.07 Å². The molecule has 0 saturated carbocycles. The lowest BCUT2D eigenvalue weighted by molar-refractivity contribution is -0.147. The van der Waals surface area contributed by atoms with Gasteiger partial charge in [0.25, 0.3) is 5.91 Å². The summed E-state index contributed by atoms with van der Waals surface area (Å²) in [5, 5.41) is 16.9. The van der Waals surface area contributed by atoms with Crippen molar-refractivity contribution in [3.8, 4) is 17.1 Å². The van der Waals surface area contributed by atoms with Gasteiger partial charge in [-0.3, -0.25) is 14.5 Å². The summed E-state index contributed by atoms with van der Waals surface area (Å²) < 4.78 is 11.0. The van der Waals surface area contributed by atoms with Crippen LogP contribution in [0.15, 0.2) is 47.0 Å². The standard InChI is InChI=1S/C26H27Cl2N3O5/c1-15(2)35-22-7-5-17(11-20(22)28)29-24(32)21-12-23(36-30-21)18-6-4-16(10-19(18)27)13-31-9-8-26(3,14-31)25(33)34/h4-7,10-12,15H,8-9,13-14H2,1-3H3,(H,29,32)(H,33,34). The highest BCUT2D eigenvalue weighted by Gasteiger charge is 2.40. The quantitative estimate of drug-likeness (QED) is 0.368. The predicted octanol–water partition coefficient (Wildman–Crippen LogP) is 5.98. The SMILES string of the molecule is CC(C)Oc1ccc(NC(=O)c2cc(-c3ccc(CN4CCC(C)(C(=O)O)C4)cc3Cl)on2)cc1Cl. The highest BCUT2D eigenvalue weighted by molar-refractivity contribution is 6.33. The van der Waals surface area contributed by atoms with Gasteiger partial charge in [-0.05, 0) is 69.6 Å². The van der Waals surface area contributed by atoms with Gasteiger partial charge in [0.05, 0.1) is 21.6 Å². The van der Waals surface area contributed by atoms with Crippen LogP contribution in [0.25, 0.3) is 11.3 Å². The summed E-state index contributed by atoms with van der Waals surface area (Å²) in [5.41, 5.74) is 1.41. The molecule has 2 N–H and O–H groups in total. The Morgan fingerprint density at radius 1 is 1.19 bits per heavy atom. The summed E-state index contributed by atoms with van der Waals surface area (Å²) in [6.07, 6.45) is 0.587. The average Bonchev–Trinajstić information content (AvgIpc) is 3.43. The summed E-state index contributed by atoms with van der Waals surface area (Å²) >= 11 is 12.8. The van der Waals surface area contributed by atoms with Crippen LogP contribution in [0.4, 0.5) is 5.69 Å². The predicted molar refractivity (Wildman–Crippen MR) is 138 cm³/mol. The molecular weight excluding hydrogens is 505 g/mol. The second-order valence-electron chi connectivity index (χ2n) is 9.48. The number of anilines is 1. The Morgan fingerprint density at radius 3 is 2.61 bits per heavy atom. The number of likely N-dealkylation sites (tertiary alicyclic amines) is 1. The van der Waals surface area contributed by atoms with Crippen molar-refractivity contribution < 1.29 is 24.0 Å². The maximum absolute atomic E-state index is 12.7. The molecule has 10 heteroatoms. The first-order valence-corrected chi connectivity index (χ1v) is 12.3. The summed E-state index contributed by atoms with van der Waals surface area (Å²) in [5.74, 6) is -0.340. The molecule has 8 nitrogen and oxygen atoms in total. The number of carboxylic acid groups (broad SMARTS) is 1. The van der Waals surface area contributed by atoms with E-state index in [0.29, 0.717) is 58.9 Å². The molecule has 1 atom stereocenters. The lowest BCUT2D eigenvalue weighted by atomic mass is 9.90. The van der Waals surface area contributed by atoms with E-state index < -0.39 is 17.3 Å². The van der Waals surface area contributed by atoms with E-state index in [2.05, 4.69) is 15.4 Å². The number of benzene rings is 2. The number of hydrogen-bond acceptors (Lipinski definition) is 6. The summed E-state index contributed by atoms with van der Waals surface area (Å²) in [6, 6.07) is 12.0. The second-order valence-corrected chi connectivity index (χ2v) is 10.3. The van der Waals surface area contributed by atoms with E-state index in [1.807, 2.05) is 26.0 Å². The molecule has 1 unspecified atom stereocenters. The van der Waals surface area contributed by atoms with Crippen molar-refractivity contribution in [3.05, 3.63) is 63.8 Å². The minimum Gasteiger partial charge on any atom is -0.489 e. The normalized spacial score (nSPS) is 17.9. The zero-order valence-electron chi connectivity index (χ0n) is 20.2. The average molecular weight is 532 g/mol. The third kappa shape index (κ3) is 5.83. The number of nitrogens with one attached hydrogen (secondary N) is 1. The number of ether oxygens (including phenoxy) is 1. The van der Waals surface area contributed by atoms with E-state index in [0.717, 1.165) is 5.56 Å². The summed E-state index contributed by atoms with van der Waals surface area (Å²) in [4.78, 5) is 26.3. The molecule has 190 valence electrons. The summed E-state index contributed by atoms with van der Waals surface area (Å²) in [6.45, 7) is 7.36. The molecule has 0 radical (unpaired) electrons. The highest BCUT2D eigenvalue weighted by Crippen LogP contribution is 2.34. The third-order valence-electron chi connectivity index (χ3n) is 6.07. The molecule has 0 spiro atoms. The van der Waals surface area contributed by atoms with Gasteiger partial charge in [-0.1, -0.05) is 34.4 Å². The molecular formula is C26H27Cl2N3O5. The molecule has 0 aliphatic carbocycles. The molecule has 1 aliphatic heterocycles. The van der Waals surface area contributed by atoms with Crippen molar-refractivity contribution in [3.63, 3.8) is 0 Å². The lowest BCUT2D eigenvalue weighted by Gasteiger charge is -2.20. The van der Waals surface area contributed by atoms with Gasteiger partial charge < -0.3 is 19.7 Å². The molecule has 2 heterocycles. The maximum Gasteiger partial charge on any atom is 0.310 e. The van der Waals surface area contributed by atoms with Gasteiger partial charge in [-0.15, -0.1) is 0 Å². The zero-order valence-corrected chi connectivity index (χ0v) is 21.7. The van der Waals surface area contributed by atoms with Crippen LogP contribution in [0.3, 0.4) is 0 Å². The molecule has 1 amide bonds. The number of rotatable bonds is 8. The first kappa shape index (κ1) is 26.0. The van der Waals surface area contributed by atoms with Crippen molar-refractivity contribution in [2.24, 2.45) is 5.41 Å². The Balaban J connectivity index is 1.41. The molecule has 1 saturated heterocycles.